The van der Waals surface area contributed by atoms with Crippen LogP contribution < -0.4 is 24.8 Å². The van der Waals surface area contributed by atoms with E-state index in [1.807, 2.05) is 48.5 Å². The molecule has 2 heterocycles. The van der Waals surface area contributed by atoms with Crippen LogP contribution in [-0.4, -0.2) is 66.5 Å². The van der Waals surface area contributed by atoms with Crippen molar-refractivity contribution in [3.63, 3.8) is 0 Å². The molecule has 4 N–H and O–H groups in total. The lowest BCUT2D eigenvalue weighted by Crippen LogP contribution is -2.54. The number of sulfonamides is 2. The molecule has 5 aromatic rings. The van der Waals surface area contributed by atoms with Gasteiger partial charge in [-0.05, 0) is 95.8 Å². The highest BCUT2D eigenvalue weighted by Gasteiger charge is 2.33. The Morgan fingerprint density at radius 1 is 0.870 bits per heavy atom. The summed E-state index contributed by atoms with van der Waals surface area (Å²) < 4.78 is 59.3. The fraction of sp³-hybridized carbons (Fsp3) is 0.225. The number of carbonyl (C=O) groups is 1. The molecule has 1 atom stereocenters. The van der Waals surface area contributed by atoms with Gasteiger partial charge in [0.05, 0.1) is 10.6 Å². The summed E-state index contributed by atoms with van der Waals surface area (Å²) in [6.07, 6.45) is 1.63. The van der Waals surface area contributed by atoms with Crippen molar-refractivity contribution >= 4 is 48.9 Å². The molecule has 14 heteroatoms. The predicted molar refractivity (Wildman–Crippen MR) is 211 cm³/mol. The summed E-state index contributed by atoms with van der Waals surface area (Å²) in [7, 11) is -8.79. The number of hydrogen-bond acceptors (Lipinski definition) is 9. The summed E-state index contributed by atoms with van der Waals surface area (Å²) >= 11 is 6.14. The maximum atomic E-state index is 13.4. The van der Waals surface area contributed by atoms with E-state index in [0.717, 1.165) is 61.9 Å². The second-order valence-corrected chi connectivity index (χ2v) is 17.0. The van der Waals surface area contributed by atoms with Crippen molar-refractivity contribution in [2.24, 2.45) is 5.14 Å². The molecule has 0 saturated carbocycles. The summed E-state index contributed by atoms with van der Waals surface area (Å²) in [5, 5.41) is 9.09. The number of amides is 1. The lowest BCUT2D eigenvalue weighted by atomic mass is 9.92. The Balaban J connectivity index is 0.992. The minimum atomic E-state index is -4.46. The lowest BCUT2D eigenvalue weighted by Gasteiger charge is -2.46. The largest absolute Gasteiger partial charge is 0.492 e. The second-order valence-electron chi connectivity index (χ2n) is 13.4. The van der Waals surface area contributed by atoms with E-state index in [0.29, 0.717) is 16.8 Å². The quantitative estimate of drug-likeness (QED) is 0.131. The van der Waals surface area contributed by atoms with Gasteiger partial charge < -0.3 is 15.0 Å². The van der Waals surface area contributed by atoms with Gasteiger partial charge in [-0.2, -0.15) is 0 Å². The minimum absolute atomic E-state index is 0.107. The van der Waals surface area contributed by atoms with Crippen LogP contribution in [0.25, 0.3) is 11.1 Å². The number of benzene rings is 5. The first kappa shape index (κ1) is 37.4. The molecule has 54 heavy (non-hydrogen) atoms. The van der Waals surface area contributed by atoms with E-state index in [2.05, 4.69) is 44.1 Å². The first-order valence-electron chi connectivity index (χ1n) is 17.6. The van der Waals surface area contributed by atoms with E-state index < -0.39 is 35.7 Å². The van der Waals surface area contributed by atoms with Crippen LogP contribution in [0, 0.1) is 0 Å². The average molecular weight is 786 g/mol. The van der Waals surface area contributed by atoms with E-state index in [1.54, 1.807) is 24.3 Å². The van der Waals surface area contributed by atoms with Crippen LogP contribution in [0.15, 0.2) is 125 Å². The Hall–Kier alpha value is -4.92. The van der Waals surface area contributed by atoms with Gasteiger partial charge in [-0.3, -0.25) is 9.69 Å². The summed E-state index contributed by atoms with van der Waals surface area (Å²) in [6, 6.07) is 34.5. The molecule has 0 aliphatic carbocycles. The van der Waals surface area contributed by atoms with Crippen LogP contribution in [0.5, 0.6) is 5.75 Å². The molecule has 1 saturated heterocycles. The summed E-state index contributed by atoms with van der Waals surface area (Å²) in [5.41, 5.74) is 5.90. The monoisotopic (exact) mass is 785 g/mol. The first-order chi connectivity index (χ1) is 25.9. The third kappa shape index (κ3) is 8.56. The highest BCUT2D eigenvalue weighted by molar-refractivity contribution is 7.90. The number of anilines is 2. The van der Waals surface area contributed by atoms with Crippen molar-refractivity contribution in [3.8, 4) is 16.9 Å². The van der Waals surface area contributed by atoms with Gasteiger partial charge in [-0.1, -0.05) is 66.2 Å². The smallest absolute Gasteiger partial charge is 0.265 e. The molecule has 1 fully saturated rings. The molecule has 280 valence electrons. The number of primary sulfonamides is 1. The van der Waals surface area contributed by atoms with E-state index in [-0.39, 0.29) is 24.4 Å². The van der Waals surface area contributed by atoms with Gasteiger partial charge in [-0.15, -0.1) is 0 Å². The topological polar surface area (TPSA) is 151 Å². The Labute approximate surface area is 320 Å². The number of para-hydroxylation sites is 1. The fourth-order valence-corrected chi connectivity index (χ4v) is 9.07. The van der Waals surface area contributed by atoms with Crippen molar-refractivity contribution in [2.75, 3.05) is 43.0 Å². The van der Waals surface area contributed by atoms with Gasteiger partial charge in [0.2, 0.25) is 10.0 Å². The standard InChI is InChI=1S/C40H40ClN5O6S2/c41-32-14-10-28(11-15-32)36-9-5-4-6-31(36)26-45-21-22-46-33(27-45)16-12-29-24-30(13-19-38(29)46)40(47)44-54(50,51)35-17-18-37(39(25-35)53(42,48)49)43-20-23-52-34-7-2-1-3-8-34/h1-11,13-15,17-19,24-25,33,43H,12,16,20-23,26-27H2,(H,44,47)(H2,42,48,49)/t33-/m0/s1. The molecule has 0 radical (unpaired) electrons. The van der Waals surface area contributed by atoms with Crippen LogP contribution in [0.2, 0.25) is 5.02 Å². The van der Waals surface area contributed by atoms with Crippen LogP contribution in [0.3, 0.4) is 0 Å². The molecule has 0 spiro atoms. The molecular weight excluding hydrogens is 746 g/mol. The molecule has 0 bridgehead atoms. The molecule has 0 unspecified atom stereocenters. The number of halogens is 1. The number of carbonyl (C=O) groups excluding carboxylic acids is 1. The SMILES string of the molecule is NS(=O)(=O)c1cc(S(=O)(=O)NC(=O)c2ccc3c(c2)CC[C@H]2CN(Cc4ccccc4-c4ccc(Cl)cc4)CCN32)ccc1NCCOc1ccccc1. The summed E-state index contributed by atoms with van der Waals surface area (Å²) in [5.74, 6) is -0.171. The van der Waals surface area contributed by atoms with E-state index in [1.165, 1.54) is 23.3 Å². The van der Waals surface area contributed by atoms with Crippen molar-refractivity contribution < 1.29 is 26.4 Å². The normalized spacial score (nSPS) is 15.9. The number of nitrogens with two attached hydrogens (primary N) is 1. The van der Waals surface area contributed by atoms with Crippen LogP contribution in [-0.2, 0) is 33.0 Å². The Bertz CT molecular complexity index is 2380. The number of nitrogens with zero attached hydrogens (tertiary/aromatic N) is 2. The molecule has 7 rings (SSSR count). The number of nitrogens with one attached hydrogen (secondary N) is 2. The van der Waals surface area contributed by atoms with Crippen molar-refractivity contribution in [1.82, 2.24) is 9.62 Å². The van der Waals surface area contributed by atoms with Gasteiger partial charge in [0, 0.05) is 55.0 Å². The maximum absolute atomic E-state index is 13.4. The van der Waals surface area contributed by atoms with Crippen molar-refractivity contribution in [3.05, 3.63) is 137 Å². The Kier molecular flexibility index (Phi) is 11.0. The number of hydrogen-bond donors (Lipinski definition) is 3. The molecule has 2 aliphatic rings. The minimum Gasteiger partial charge on any atom is -0.492 e. The summed E-state index contributed by atoms with van der Waals surface area (Å²) in [4.78, 5) is 17.3. The van der Waals surface area contributed by atoms with E-state index in [4.69, 9.17) is 21.5 Å². The van der Waals surface area contributed by atoms with Crippen molar-refractivity contribution in [2.45, 2.75) is 35.2 Å². The van der Waals surface area contributed by atoms with Crippen LogP contribution in [0.4, 0.5) is 11.4 Å². The van der Waals surface area contributed by atoms with Gasteiger partial charge in [-0.25, -0.2) is 26.7 Å². The predicted octanol–water partition coefficient (Wildman–Crippen LogP) is 5.90. The highest BCUT2D eigenvalue weighted by Crippen LogP contribution is 2.35. The Morgan fingerprint density at radius 2 is 1.63 bits per heavy atom. The first-order valence-corrected chi connectivity index (χ1v) is 21.0. The van der Waals surface area contributed by atoms with E-state index in [9.17, 15) is 21.6 Å². The number of piperazine rings is 1. The van der Waals surface area contributed by atoms with Gasteiger partial charge in [0.25, 0.3) is 15.9 Å². The number of fused-ring (bicyclic) bond motifs is 3. The Morgan fingerprint density at radius 3 is 2.41 bits per heavy atom. The second kappa shape index (κ2) is 15.8. The molecule has 5 aromatic carbocycles. The summed E-state index contributed by atoms with van der Waals surface area (Å²) in [6.45, 7) is 3.83. The lowest BCUT2D eigenvalue weighted by molar-refractivity contribution is 0.0981. The fourth-order valence-electron chi connectivity index (χ4n) is 7.13. The number of rotatable bonds is 12. The zero-order chi connectivity index (χ0) is 37.9. The molecular formula is C40H40ClN5O6S2. The van der Waals surface area contributed by atoms with E-state index >= 15 is 0 Å². The third-order valence-corrected chi connectivity index (χ3v) is 12.3. The van der Waals surface area contributed by atoms with Gasteiger partial charge >= 0.3 is 0 Å². The van der Waals surface area contributed by atoms with Gasteiger partial charge in [0.1, 0.15) is 17.3 Å². The molecule has 1 amide bonds. The number of aryl methyl sites for hydroxylation is 1. The zero-order valence-electron chi connectivity index (χ0n) is 29.3. The maximum Gasteiger partial charge on any atom is 0.265 e. The highest BCUT2D eigenvalue weighted by atomic mass is 35.5. The molecule has 2 aliphatic heterocycles. The van der Waals surface area contributed by atoms with Crippen LogP contribution >= 0.6 is 11.6 Å². The van der Waals surface area contributed by atoms with Crippen molar-refractivity contribution in [1.29, 1.82) is 0 Å². The third-order valence-electron chi connectivity index (χ3n) is 9.76. The average Bonchev–Trinajstić information content (AvgIpc) is 3.16. The molecule has 0 aromatic heterocycles. The zero-order valence-corrected chi connectivity index (χ0v) is 31.7. The van der Waals surface area contributed by atoms with Crippen LogP contribution in [0.1, 0.15) is 27.9 Å². The number of ether oxygens (including phenoxy) is 1. The van der Waals surface area contributed by atoms with Gasteiger partial charge in [0.15, 0.2) is 0 Å². The molecule has 11 nitrogen and oxygen atoms in total.